The highest BCUT2D eigenvalue weighted by Gasteiger charge is 2.20. The van der Waals surface area contributed by atoms with Crippen molar-refractivity contribution in [2.75, 3.05) is 12.0 Å². The van der Waals surface area contributed by atoms with Crippen LogP contribution in [0.4, 0.5) is 8.78 Å². The van der Waals surface area contributed by atoms with Gasteiger partial charge in [0.05, 0.1) is 0 Å². The van der Waals surface area contributed by atoms with Crippen molar-refractivity contribution in [2.24, 2.45) is 0 Å². The molecule has 0 aromatic heterocycles. The summed E-state index contributed by atoms with van der Waals surface area (Å²) in [6.45, 7) is 0. The second kappa shape index (κ2) is 7.08. The number of carboxylic acids is 1. The number of amides is 1. The molecule has 0 aliphatic carbocycles. The fourth-order valence-electron chi connectivity index (χ4n) is 1.42. The molecule has 0 aliphatic rings. The van der Waals surface area contributed by atoms with Crippen molar-refractivity contribution in [3.05, 3.63) is 35.4 Å². The minimum absolute atomic E-state index is 0.236. The summed E-state index contributed by atoms with van der Waals surface area (Å²) >= 11 is 1.44. The molecule has 2 N–H and O–H groups in total. The Morgan fingerprint density at radius 3 is 2.37 bits per heavy atom. The van der Waals surface area contributed by atoms with Crippen molar-refractivity contribution < 1.29 is 23.5 Å². The van der Waals surface area contributed by atoms with Crippen LogP contribution in [0.5, 0.6) is 0 Å². The molecular formula is C12H13F2NO3S. The minimum atomic E-state index is -1.18. The number of hydrogen-bond acceptors (Lipinski definition) is 3. The third-order valence-electron chi connectivity index (χ3n) is 2.34. The van der Waals surface area contributed by atoms with E-state index in [0.717, 1.165) is 12.1 Å². The van der Waals surface area contributed by atoms with Gasteiger partial charge < -0.3 is 10.4 Å². The zero-order chi connectivity index (χ0) is 14.4. The van der Waals surface area contributed by atoms with Crippen molar-refractivity contribution in [1.82, 2.24) is 5.32 Å². The van der Waals surface area contributed by atoms with E-state index in [1.165, 1.54) is 11.8 Å². The molecule has 0 saturated carbocycles. The first kappa shape index (κ1) is 15.4. The van der Waals surface area contributed by atoms with Gasteiger partial charge in [-0.15, -0.1) is 0 Å². The van der Waals surface area contributed by atoms with E-state index in [4.69, 9.17) is 5.11 Å². The maximum absolute atomic E-state index is 12.9. The van der Waals surface area contributed by atoms with E-state index in [0.29, 0.717) is 11.8 Å². The lowest BCUT2D eigenvalue weighted by molar-refractivity contribution is -0.139. The topological polar surface area (TPSA) is 66.4 Å². The van der Waals surface area contributed by atoms with Crippen molar-refractivity contribution in [1.29, 1.82) is 0 Å². The molecule has 0 aliphatic heterocycles. The molecule has 1 amide bonds. The molecule has 1 aromatic carbocycles. The van der Waals surface area contributed by atoms with E-state index >= 15 is 0 Å². The van der Waals surface area contributed by atoms with Gasteiger partial charge in [0.25, 0.3) is 5.91 Å². The molecule has 0 bridgehead atoms. The number of aliphatic carboxylic acids is 1. The van der Waals surface area contributed by atoms with Crippen molar-refractivity contribution >= 4 is 23.6 Å². The van der Waals surface area contributed by atoms with Gasteiger partial charge in [0, 0.05) is 11.6 Å². The van der Waals surface area contributed by atoms with Gasteiger partial charge in [-0.3, -0.25) is 4.79 Å². The Bertz CT molecular complexity index is 462. The molecule has 0 heterocycles. The SMILES string of the molecule is CSCC[C@@H](NC(=O)c1cc(F)cc(F)c1)C(=O)O. The van der Waals surface area contributed by atoms with Gasteiger partial charge in [-0.05, 0) is 30.6 Å². The quantitative estimate of drug-likeness (QED) is 0.839. The molecule has 0 spiro atoms. The molecular weight excluding hydrogens is 276 g/mol. The average Bonchev–Trinajstić information content (AvgIpc) is 2.32. The zero-order valence-corrected chi connectivity index (χ0v) is 11.0. The summed E-state index contributed by atoms with van der Waals surface area (Å²) in [6, 6.07) is 1.27. The van der Waals surface area contributed by atoms with Crippen LogP contribution < -0.4 is 5.32 Å². The molecule has 104 valence electrons. The Morgan fingerprint density at radius 1 is 1.32 bits per heavy atom. The Hall–Kier alpha value is -1.63. The van der Waals surface area contributed by atoms with Crippen LogP contribution in [-0.4, -0.2) is 35.0 Å². The third-order valence-corrected chi connectivity index (χ3v) is 2.98. The van der Waals surface area contributed by atoms with Crippen molar-refractivity contribution in [3.8, 4) is 0 Å². The number of nitrogens with one attached hydrogen (secondary N) is 1. The van der Waals surface area contributed by atoms with E-state index in [2.05, 4.69) is 5.32 Å². The van der Waals surface area contributed by atoms with Crippen LogP contribution in [-0.2, 0) is 4.79 Å². The number of carbonyl (C=O) groups excluding carboxylic acids is 1. The number of benzene rings is 1. The summed E-state index contributed by atoms with van der Waals surface area (Å²) in [5.74, 6) is -3.22. The highest BCUT2D eigenvalue weighted by Crippen LogP contribution is 2.09. The van der Waals surface area contributed by atoms with E-state index in [1.807, 2.05) is 6.26 Å². The van der Waals surface area contributed by atoms with E-state index < -0.39 is 29.6 Å². The molecule has 1 aromatic rings. The predicted octanol–water partition coefficient (Wildman–Crippen LogP) is 1.90. The molecule has 1 rings (SSSR count). The lowest BCUT2D eigenvalue weighted by Gasteiger charge is -2.14. The normalized spacial score (nSPS) is 11.9. The average molecular weight is 289 g/mol. The van der Waals surface area contributed by atoms with Gasteiger partial charge in [-0.25, -0.2) is 13.6 Å². The van der Waals surface area contributed by atoms with Crippen molar-refractivity contribution in [3.63, 3.8) is 0 Å². The van der Waals surface area contributed by atoms with Crippen LogP contribution in [0.15, 0.2) is 18.2 Å². The standard InChI is InChI=1S/C12H13F2NO3S/c1-19-3-2-10(12(17)18)15-11(16)7-4-8(13)6-9(14)5-7/h4-6,10H,2-3H2,1H3,(H,15,16)(H,17,18)/t10-/m1/s1. The largest absolute Gasteiger partial charge is 0.480 e. The first-order chi connectivity index (χ1) is 8.93. The third kappa shape index (κ3) is 4.86. The second-order valence-electron chi connectivity index (χ2n) is 3.80. The van der Waals surface area contributed by atoms with Crippen LogP contribution in [0.1, 0.15) is 16.8 Å². The molecule has 4 nitrogen and oxygen atoms in total. The maximum Gasteiger partial charge on any atom is 0.326 e. The number of hydrogen-bond donors (Lipinski definition) is 2. The van der Waals surface area contributed by atoms with Crippen LogP contribution in [0.25, 0.3) is 0 Å². The molecule has 7 heteroatoms. The predicted molar refractivity (Wildman–Crippen MR) is 68.2 cm³/mol. The smallest absolute Gasteiger partial charge is 0.326 e. The number of halogens is 2. The Labute approximate surface area is 113 Å². The van der Waals surface area contributed by atoms with Gasteiger partial charge in [-0.2, -0.15) is 11.8 Å². The maximum atomic E-state index is 12.9. The molecule has 1 atom stereocenters. The van der Waals surface area contributed by atoms with Crippen LogP contribution in [0.3, 0.4) is 0 Å². The lowest BCUT2D eigenvalue weighted by Crippen LogP contribution is -2.41. The lowest BCUT2D eigenvalue weighted by atomic mass is 10.1. The van der Waals surface area contributed by atoms with Gasteiger partial charge >= 0.3 is 5.97 Å². The number of carboxylic acid groups (broad SMARTS) is 1. The summed E-state index contributed by atoms with van der Waals surface area (Å²) in [7, 11) is 0. The summed E-state index contributed by atoms with van der Waals surface area (Å²) in [4.78, 5) is 22.6. The van der Waals surface area contributed by atoms with Gasteiger partial charge in [-0.1, -0.05) is 0 Å². The van der Waals surface area contributed by atoms with Crippen LogP contribution >= 0.6 is 11.8 Å². The highest BCUT2D eigenvalue weighted by atomic mass is 32.2. The monoisotopic (exact) mass is 289 g/mol. The van der Waals surface area contributed by atoms with Crippen LogP contribution in [0, 0.1) is 11.6 Å². The summed E-state index contributed by atoms with van der Waals surface area (Å²) in [6.07, 6.45) is 2.04. The number of thioether (sulfide) groups is 1. The fraction of sp³-hybridized carbons (Fsp3) is 0.333. The molecule has 0 unspecified atom stereocenters. The first-order valence-corrected chi connectivity index (χ1v) is 6.82. The second-order valence-corrected chi connectivity index (χ2v) is 4.79. The Kier molecular flexibility index (Phi) is 5.75. The summed E-state index contributed by atoms with van der Waals surface area (Å²) in [5, 5.41) is 11.2. The first-order valence-electron chi connectivity index (χ1n) is 5.42. The molecule has 0 fully saturated rings. The highest BCUT2D eigenvalue weighted by molar-refractivity contribution is 7.98. The Morgan fingerprint density at radius 2 is 1.89 bits per heavy atom. The van der Waals surface area contributed by atoms with E-state index in [1.54, 1.807) is 0 Å². The minimum Gasteiger partial charge on any atom is -0.480 e. The van der Waals surface area contributed by atoms with E-state index in [9.17, 15) is 18.4 Å². The van der Waals surface area contributed by atoms with Gasteiger partial charge in [0.15, 0.2) is 0 Å². The van der Waals surface area contributed by atoms with Gasteiger partial charge in [0.2, 0.25) is 0 Å². The zero-order valence-electron chi connectivity index (χ0n) is 10.2. The summed E-state index contributed by atoms with van der Waals surface area (Å²) in [5.41, 5.74) is -0.243. The molecule has 0 saturated heterocycles. The number of carbonyl (C=O) groups is 2. The van der Waals surface area contributed by atoms with Crippen molar-refractivity contribution in [2.45, 2.75) is 12.5 Å². The Balaban J connectivity index is 2.78. The van der Waals surface area contributed by atoms with Gasteiger partial charge in [0.1, 0.15) is 17.7 Å². The fourth-order valence-corrected chi connectivity index (χ4v) is 1.89. The molecule has 0 radical (unpaired) electrons. The molecule has 19 heavy (non-hydrogen) atoms. The summed E-state index contributed by atoms with van der Waals surface area (Å²) < 4.78 is 25.9. The van der Waals surface area contributed by atoms with Crippen LogP contribution in [0.2, 0.25) is 0 Å². The van der Waals surface area contributed by atoms with E-state index in [-0.39, 0.29) is 12.0 Å². The number of rotatable bonds is 6.